The minimum Gasteiger partial charge on any atom is -0.346 e. The molecule has 1 aromatic heterocycles. The third-order valence-corrected chi connectivity index (χ3v) is 4.19. The van der Waals surface area contributed by atoms with Gasteiger partial charge in [-0.15, -0.1) is 0 Å². The van der Waals surface area contributed by atoms with Crippen LogP contribution in [0, 0.1) is 6.92 Å². The number of nitrogens with zero attached hydrogens (tertiary/aromatic N) is 4. The molecule has 2 heterocycles. The van der Waals surface area contributed by atoms with Crippen LogP contribution >= 0.6 is 0 Å². The Morgan fingerprint density at radius 1 is 1.25 bits per heavy atom. The number of aromatic nitrogens is 2. The van der Waals surface area contributed by atoms with Crippen LogP contribution in [0.4, 0.5) is 13.2 Å². The molecule has 0 unspecified atom stereocenters. The van der Waals surface area contributed by atoms with Crippen LogP contribution in [0.25, 0.3) is 0 Å². The first-order valence-corrected chi connectivity index (χ1v) is 7.80. The van der Waals surface area contributed by atoms with Gasteiger partial charge in [-0.3, -0.25) is 14.6 Å². The van der Waals surface area contributed by atoms with Gasteiger partial charge in [0.15, 0.2) is 5.82 Å². The summed E-state index contributed by atoms with van der Waals surface area (Å²) in [5.74, 6) is 0.503. The van der Waals surface area contributed by atoms with Crippen molar-refractivity contribution in [3.8, 4) is 0 Å². The third kappa shape index (κ3) is 4.91. The van der Waals surface area contributed by atoms with E-state index < -0.39 is 24.7 Å². The molecule has 1 N–H and O–H groups in total. The summed E-state index contributed by atoms with van der Waals surface area (Å²) < 4.78 is 41.7. The van der Waals surface area contributed by atoms with Gasteiger partial charge in [0.1, 0.15) is 6.54 Å². The molecular weight excluding hydrogens is 327 g/mol. The quantitative estimate of drug-likeness (QED) is 0.859. The van der Waals surface area contributed by atoms with Crippen molar-refractivity contribution in [2.45, 2.75) is 39.0 Å². The summed E-state index contributed by atoms with van der Waals surface area (Å²) >= 11 is 0. The first-order valence-electron chi connectivity index (χ1n) is 7.80. The van der Waals surface area contributed by atoms with Gasteiger partial charge in [-0.05, 0) is 20.8 Å². The molecular formula is C14H22F3N5O2. The molecule has 7 nitrogen and oxygen atoms in total. The zero-order valence-electron chi connectivity index (χ0n) is 13.9. The molecule has 24 heavy (non-hydrogen) atoms. The van der Waals surface area contributed by atoms with Crippen LogP contribution in [-0.4, -0.2) is 70.8 Å². The summed E-state index contributed by atoms with van der Waals surface area (Å²) in [6.07, 6.45) is -4.40. The molecule has 2 atom stereocenters. The number of rotatable bonds is 5. The van der Waals surface area contributed by atoms with Gasteiger partial charge < -0.3 is 9.84 Å². The number of amides is 1. The van der Waals surface area contributed by atoms with Crippen molar-refractivity contribution >= 4 is 5.91 Å². The van der Waals surface area contributed by atoms with Crippen molar-refractivity contribution in [2.75, 3.05) is 32.7 Å². The fourth-order valence-corrected chi connectivity index (χ4v) is 2.65. The smallest absolute Gasteiger partial charge is 0.346 e. The van der Waals surface area contributed by atoms with Gasteiger partial charge in [-0.1, -0.05) is 5.16 Å². The van der Waals surface area contributed by atoms with Crippen LogP contribution < -0.4 is 5.32 Å². The van der Waals surface area contributed by atoms with E-state index in [0.29, 0.717) is 37.9 Å². The Bertz CT molecular complexity index is 555. The average Bonchev–Trinajstić information content (AvgIpc) is 2.97. The van der Waals surface area contributed by atoms with Crippen molar-refractivity contribution in [2.24, 2.45) is 0 Å². The number of hydrogen-bond donors (Lipinski definition) is 1. The standard InChI is InChI=1S/C14H22F3N5O2/c1-9(12(23)18-8-14(15,16)17)21-4-6-22(7-5-21)10(2)13-19-11(3)20-24-13/h9-10H,4-8H2,1-3H3,(H,18,23)/t9-,10+/m0/s1. The van der Waals surface area contributed by atoms with Crippen molar-refractivity contribution in [1.29, 1.82) is 0 Å². The van der Waals surface area contributed by atoms with E-state index in [0.717, 1.165) is 0 Å². The summed E-state index contributed by atoms with van der Waals surface area (Å²) in [6, 6.07) is -0.641. The van der Waals surface area contributed by atoms with Crippen LogP contribution in [0.2, 0.25) is 0 Å². The molecule has 0 bridgehead atoms. The molecule has 1 aromatic rings. The summed E-state index contributed by atoms with van der Waals surface area (Å²) in [7, 11) is 0. The van der Waals surface area contributed by atoms with Crippen LogP contribution in [0.15, 0.2) is 4.52 Å². The minimum atomic E-state index is -4.40. The van der Waals surface area contributed by atoms with E-state index in [9.17, 15) is 18.0 Å². The SMILES string of the molecule is Cc1noc([C@@H](C)N2CCN([C@@H](C)C(=O)NCC(F)(F)F)CC2)n1. The molecule has 1 saturated heterocycles. The lowest BCUT2D eigenvalue weighted by molar-refractivity contribution is -0.141. The van der Waals surface area contributed by atoms with Crippen molar-refractivity contribution in [1.82, 2.24) is 25.3 Å². The fraction of sp³-hybridized carbons (Fsp3) is 0.786. The van der Waals surface area contributed by atoms with Gasteiger partial charge in [-0.2, -0.15) is 18.2 Å². The van der Waals surface area contributed by atoms with Crippen molar-refractivity contribution in [3.63, 3.8) is 0 Å². The molecule has 0 aromatic carbocycles. The maximum Gasteiger partial charge on any atom is 0.405 e. The fourth-order valence-electron chi connectivity index (χ4n) is 2.65. The summed E-state index contributed by atoms with van der Waals surface area (Å²) in [5, 5.41) is 5.70. The van der Waals surface area contributed by atoms with Crippen LogP contribution in [0.1, 0.15) is 31.6 Å². The molecule has 2 rings (SSSR count). The van der Waals surface area contributed by atoms with Crippen molar-refractivity contribution in [3.05, 3.63) is 11.7 Å². The number of carbonyl (C=O) groups excluding carboxylic acids is 1. The van der Waals surface area contributed by atoms with Gasteiger partial charge >= 0.3 is 6.18 Å². The van der Waals surface area contributed by atoms with Crippen LogP contribution in [-0.2, 0) is 4.79 Å². The van der Waals surface area contributed by atoms with E-state index in [1.54, 1.807) is 13.8 Å². The largest absolute Gasteiger partial charge is 0.405 e. The van der Waals surface area contributed by atoms with E-state index in [-0.39, 0.29) is 6.04 Å². The van der Waals surface area contributed by atoms with Crippen molar-refractivity contribution < 1.29 is 22.5 Å². The van der Waals surface area contributed by atoms with Gasteiger partial charge in [-0.25, -0.2) is 0 Å². The predicted octanol–water partition coefficient (Wildman–Crippen LogP) is 1.12. The second kappa shape index (κ2) is 7.47. The molecule has 1 aliphatic rings. The van der Waals surface area contributed by atoms with Crippen LogP contribution in [0.5, 0.6) is 0 Å². The van der Waals surface area contributed by atoms with Gasteiger partial charge in [0.2, 0.25) is 11.8 Å². The Morgan fingerprint density at radius 3 is 2.33 bits per heavy atom. The maximum absolute atomic E-state index is 12.2. The molecule has 1 fully saturated rings. The number of carbonyl (C=O) groups is 1. The number of hydrogen-bond acceptors (Lipinski definition) is 6. The Morgan fingerprint density at radius 2 is 1.83 bits per heavy atom. The third-order valence-electron chi connectivity index (χ3n) is 4.19. The molecule has 0 aliphatic carbocycles. The Balaban J connectivity index is 1.82. The normalized spacial score (nSPS) is 19.9. The summed E-state index contributed by atoms with van der Waals surface area (Å²) in [5.41, 5.74) is 0. The van der Waals surface area contributed by atoms with Crippen LogP contribution in [0.3, 0.4) is 0 Å². The van der Waals surface area contributed by atoms with E-state index >= 15 is 0 Å². The highest BCUT2D eigenvalue weighted by molar-refractivity contribution is 5.81. The Hall–Kier alpha value is -1.68. The second-order valence-electron chi connectivity index (χ2n) is 5.94. The van der Waals surface area contributed by atoms with E-state index in [2.05, 4.69) is 15.0 Å². The van der Waals surface area contributed by atoms with E-state index in [1.165, 1.54) is 0 Å². The lowest BCUT2D eigenvalue weighted by Crippen LogP contribution is -2.54. The van der Waals surface area contributed by atoms with Gasteiger partial charge in [0.05, 0.1) is 12.1 Å². The number of aryl methyl sites for hydroxylation is 1. The highest BCUT2D eigenvalue weighted by Crippen LogP contribution is 2.20. The zero-order valence-corrected chi connectivity index (χ0v) is 13.9. The Labute approximate surface area is 138 Å². The average molecular weight is 349 g/mol. The maximum atomic E-state index is 12.2. The minimum absolute atomic E-state index is 0.0392. The second-order valence-corrected chi connectivity index (χ2v) is 5.94. The molecule has 1 amide bonds. The summed E-state index contributed by atoms with van der Waals surface area (Å²) in [6.45, 7) is 6.52. The molecule has 0 spiro atoms. The van der Waals surface area contributed by atoms with E-state index in [4.69, 9.17) is 4.52 Å². The molecule has 10 heteroatoms. The number of halogens is 3. The number of piperazine rings is 1. The molecule has 0 saturated carbocycles. The number of alkyl halides is 3. The zero-order chi connectivity index (χ0) is 17.9. The lowest BCUT2D eigenvalue weighted by atomic mass is 10.2. The lowest BCUT2D eigenvalue weighted by Gasteiger charge is -2.39. The van der Waals surface area contributed by atoms with Gasteiger partial charge in [0.25, 0.3) is 0 Å². The first kappa shape index (κ1) is 18.7. The monoisotopic (exact) mass is 349 g/mol. The highest BCUT2D eigenvalue weighted by atomic mass is 19.4. The topological polar surface area (TPSA) is 74.5 Å². The summed E-state index contributed by atoms with van der Waals surface area (Å²) in [4.78, 5) is 20.1. The molecule has 0 radical (unpaired) electrons. The van der Waals surface area contributed by atoms with Gasteiger partial charge in [0, 0.05) is 26.2 Å². The molecule has 1 aliphatic heterocycles. The predicted molar refractivity (Wildman–Crippen MR) is 79.1 cm³/mol. The van der Waals surface area contributed by atoms with E-state index in [1.807, 2.05) is 17.1 Å². The first-order chi connectivity index (χ1) is 11.2. The Kier molecular flexibility index (Phi) is 5.81. The molecule has 136 valence electrons. The number of nitrogens with one attached hydrogen (secondary N) is 1. The highest BCUT2D eigenvalue weighted by Gasteiger charge is 2.32.